The molecule has 2 aromatic heterocycles. The lowest BCUT2D eigenvalue weighted by atomic mass is 9.91. The van der Waals surface area contributed by atoms with Crippen LogP contribution in [0.2, 0.25) is 0 Å². The fraction of sp³-hybridized carbons (Fsp3) is 0.259. The molecule has 0 saturated carbocycles. The molecule has 0 aliphatic rings. The molecule has 0 aliphatic carbocycles. The third-order valence-corrected chi connectivity index (χ3v) is 5.96. The summed E-state index contributed by atoms with van der Waals surface area (Å²) in [5.74, 6) is 1.07. The van der Waals surface area contributed by atoms with Crippen LogP contribution in [0.3, 0.4) is 0 Å². The molecule has 0 radical (unpaired) electrons. The van der Waals surface area contributed by atoms with Crippen molar-refractivity contribution in [2.24, 2.45) is 0 Å². The van der Waals surface area contributed by atoms with Crippen LogP contribution in [0, 0.1) is 6.92 Å². The van der Waals surface area contributed by atoms with E-state index in [1.165, 1.54) is 0 Å². The number of aryl methyl sites for hydroxylation is 1. The van der Waals surface area contributed by atoms with Gasteiger partial charge in [-0.05, 0) is 48.7 Å². The average Bonchev–Trinajstić information content (AvgIpc) is 3.28. The van der Waals surface area contributed by atoms with Crippen molar-refractivity contribution in [2.75, 3.05) is 14.2 Å². The number of carbonyl (C=O) groups is 1. The third kappa shape index (κ3) is 4.85. The summed E-state index contributed by atoms with van der Waals surface area (Å²) >= 11 is 0. The van der Waals surface area contributed by atoms with Crippen LogP contribution in [0.5, 0.6) is 11.5 Å². The highest BCUT2D eigenvalue weighted by atomic mass is 16.5. The molecule has 2 atom stereocenters. The average molecular weight is 444 g/mol. The molecular weight excluding hydrogens is 414 g/mol. The van der Waals surface area contributed by atoms with Crippen molar-refractivity contribution in [3.05, 3.63) is 95.4 Å². The molecule has 4 aromatic rings. The number of aromatic nitrogens is 2. The molecule has 0 saturated heterocycles. The summed E-state index contributed by atoms with van der Waals surface area (Å²) in [6.07, 6.45) is 4.10. The minimum Gasteiger partial charge on any atom is -0.497 e. The van der Waals surface area contributed by atoms with E-state index in [0.717, 1.165) is 28.0 Å². The smallest absolute Gasteiger partial charge is 0.221 e. The first-order valence-electron chi connectivity index (χ1n) is 11.0. The molecule has 1 N–H and O–H groups in total. The fourth-order valence-corrected chi connectivity index (χ4v) is 4.16. The molecule has 2 aromatic carbocycles. The Kier molecular flexibility index (Phi) is 6.63. The Morgan fingerprint density at radius 1 is 1.00 bits per heavy atom. The summed E-state index contributed by atoms with van der Waals surface area (Å²) in [6.45, 7) is 4.03. The Morgan fingerprint density at radius 2 is 1.70 bits per heavy atom. The molecule has 6 heteroatoms. The van der Waals surface area contributed by atoms with Crippen molar-refractivity contribution in [1.29, 1.82) is 0 Å². The van der Waals surface area contributed by atoms with E-state index < -0.39 is 0 Å². The number of methoxy groups -OCH3 is 2. The van der Waals surface area contributed by atoms with Gasteiger partial charge < -0.3 is 19.2 Å². The molecule has 170 valence electrons. The lowest BCUT2D eigenvalue weighted by Crippen LogP contribution is -2.28. The first-order chi connectivity index (χ1) is 16.0. The molecular formula is C27H29N3O3. The number of nitrogens with one attached hydrogen (secondary N) is 1. The SMILES string of the molecule is COc1cc(OC)cc(C(CC(=O)NC(C)c2ccccc2)c2cnc3c(C)cccn23)c1. The summed E-state index contributed by atoms with van der Waals surface area (Å²) in [7, 11) is 3.25. The number of hydrogen-bond donors (Lipinski definition) is 1. The number of benzene rings is 2. The van der Waals surface area contributed by atoms with Gasteiger partial charge in [0.2, 0.25) is 5.91 Å². The standard InChI is InChI=1S/C27H29N3O3/c1-18-9-8-12-30-25(17-28-27(18)30)24(21-13-22(32-3)15-23(14-21)33-4)16-26(31)29-19(2)20-10-6-5-7-11-20/h5-15,17,19,24H,16H2,1-4H3,(H,29,31). The van der Waals surface area contributed by atoms with E-state index in [1.807, 2.05) is 86.9 Å². The molecule has 0 aliphatic heterocycles. The summed E-state index contributed by atoms with van der Waals surface area (Å²) in [4.78, 5) is 17.8. The van der Waals surface area contributed by atoms with Gasteiger partial charge in [-0.2, -0.15) is 0 Å². The molecule has 1 amide bonds. The first-order valence-corrected chi connectivity index (χ1v) is 11.0. The third-order valence-electron chi connectivity index (χ3n) is 5.96. The van der Waals surface area contributed by atoms with E-state index in [2.05, 4.69) is 14.7 Å². The Hall–Kier alpha value is -3.80. The number of amides is 1. The maximum absolute atomic E-state index is 13.2. The molecule has 2 heterocycles. The van der Waals surface area contributed by atoms with Crippen LogP contribution in [0.15, 0.2) is 73.1 Å². The Bertz CT molecular complexity index is 1230. The van der Waals surface area contributed by atoms with E-state index in [1.54, 1.807) is 14.2 Å². The predicted molar refractivity (Wildman–Crippen MR) is 129 cm³/mol. The predicted octanol–water partition coefficient (Wildman–Crippen LogP) is 5.06. The van der Waals surface area contributed by atoms with E-state index in [4.69, 9.17) is 9.47 Å². The quantitative estimate of drug-likeness (QED) is 0.413. The molecule has 33 heavy (non-hydrogen) atoms. The van der Waals surface area contributed by atoms with Crippen LogP contribution in [0.4, 0.5) is 0 Å². The van der Waals surface area contributed by atoms with E-state index in [9.17, 15) is 4.79 Å². The molecule has 0 bridgehead atoms. The monoisotopic (exact) mass is 443 g/mol. The van der Waals surface area contributed by atoms with Crippen molar-refractivity contribution in [3.63, 3.8) is 0 Å². The normalized spacial score (nSPS) is 12.8. The zero-order chi connectivity index (χ0) is 23.4. The second kappa shape index (κ2) is 9.77. The van der Waals surface area contributed by atoms with Gasteiger partial charge in [0.1, 0.15) is 17.1 Å². The minimum atomic E-state index is -0.242. The van der Waals surface area contributed by atoms with Gasteiger partial charge in [-0.1, -0.05) is 36.4 Å². The maximum Gasteiger partial charge on any atom is 0.221 e. The Labute approximate surface area is 194 Å². The van der Waals surface area contributed by atoms with Gasteiger partial charge >= 0.3 is 0 Å². The number of pyridine rings is 1. The van der Waals surface area contributed by atoms with Crippen molar-refractivity contribution >= 4 is 11.6 Å². The minimum absolute atomic E-state index is 0.0410. The van der Waals surface area contributed by atoms with Crippen LogP contribution < -0.4 is 14.8 Å². The molecule has 0 fully saturated rings. The second-order valence-corrected chi connectivity index (χ2v) is 8.17. The Morgan fingerprint density at radius 3 is 2.36 bits per heavy atom. The topological polar surface area (TPSA) is 64.9 Å². The summed E-state index contributed by atoms with van der Waals surface area (Å²) in [5.41, 5.74) is 4.89. The van der Waals surface area contributed by atoms with Gasteiger partial charge in [-0.15, -0.1) is 0 Å². The van der Waals surface area contributed by atoms with Crippen LogP contribution in [-0.2, 0) is 4.79 Å². The van der Waals surface area contributed by atoms with Gasteiger partial charge in [0.15, 0.2) is 0 Å². The summed E-state index contributed by atoms with van der Waals surface area (Å²) in [5, 5.41) is 3.14. The van der Waals surface area contributed by atoms with Crippen LogP contribution in [-0.4, -0.2) is 29.5 Å². The first kappa shape index (κ1) is 22.4. The van der Waals surface area contributed by atoms with E-state index in [0.29, 0.717) is 11.5 Å². The molecule has 6 nitrogen and oxygen atoms in total. The highest BCUT2D eigenvalue weighted by molar-refractivity contribution is 5.78. The van der Waals surface area contributed by atoms with Crippen LogP contribution >= 0.6 is 0 Å². The zero-order valence-electron chi connectivity index (χ0n) is 19.4. The summed E-state index contributed by atoms with van der Waals surface area (Å²) < 4.78 is 13.0. The number of imidazole rings is 1. The number of hydrogen-bond acceptors (Lipinski definition) is 4. The Balaban J connectivity index is 1.72. The fourth-order valence-electron chi connectivity index (χ4n) is 4.16. The number of carbonyl (C=O) groups excluding carboxylic acids is 1. The molecule has 4 rings (SSSR count). The van der Waals surface area contributed by atoms with E-state index in [-0.39, 0.29) is 24.3 Å². The highest BCUT2D eigenvalue weighted by Gasteiger charge is 2.24. The van der Waals surface area contributed by atoms with Crippen molar-refractivity contribution in [2.45, 2.75) is 32.2 Å². The lowest BCUT2D eigenvalue weighted by molar-refractivity contribution is -0.122. The molecule has 2 unspecified atom stereocenters. The van der Waals surface area contributed by atoms with Crippen molar-refractivity contribution in [1.82, 2.24) is 14.7 Å². The second-order valence-electron chi connectivity index (χ2n) is 8.17. The largest absolute Gasteiger partial charge is 0.497 e. The van der Waals surface area contributed by atoms with Gasteiger partial charge in [0.05, 0.1) is 26.0 Å². The van der Waals surface area contributed by atoms with E-state index >= 15 is 0 Å². The van der Waals surface area contributed by atoms with Crippen LogP contribution in [0.1, 0.15) is 47.7 Å². The number of rotatable bonds is 8. The number of fused-ring (bicyclic) bond motifs is 1. The van der Waals surface area contributed by atoms with Gasteiger partial charge in [-0.3, -0.25) is 4.79 Å². The van der Waals surface area contributed by atoms with Gasteiger partial charge in [-0.25, -0.2) is 4.98 Å². The van der Waals surface area contributed by atoms with Crippen molar-refractivity contribution in [3.8, 4) is 11.5 Å². The number of nitrogens with zero attached hydrogens (tertiary/aromatic N) is 2. The number of ether oxygens (including phenoxy) is 2. The van der Waals surface area contributed by atoms with Gasteiger partial charge in [0.25, 0.3) is 0 Å². The zero-order valence-corrected chi connectivity index (χ0v) is 19.4. The van der Waals surface area contributed by atoms with Crippen molar-refractivity contribution < 1.29 is 14.3 Å². The van der Waals surface area contributed by atoms with Crippen LogP contribution in [0.25, 0.3) is 5.65 Å². The molecule has 0 spiro atoms. The van der Waals surface area contributed by atoms with Gasteiger partial charge in [0, 0.05) is 30.8 Å². The summed E-state index contributed by atoms with van der Waals surface area (Å²) in [6, 6.07) is 19.6. The maximum atomic E-state index is 13.2. The highest BCUT2D eigenvalue weighted by Crippen LogP contribution is 2.34. The lowest BCUT2D eigenvalue weighted by Gasteiger charge is -2.21.